The highest BCUT2D eigenvalue weighted by atomic mass is 35.5. The fourth-order valence-corrected chi connectivity index (χ4v) is 8.64. The van der Waals surface area contributed by atoms with Gasteiger partial charge in [-0.05, 0) is 107 Å². The lowest BCUT2D eigenvalue weighted by Crippen LogP contribution is -2.23. The van der Waals surface area contributed by atoms with E-state index < -0.39 is 11.6 Å². The van der Waals surface area contributed by atoms with Crippen LogP contribution in [0.25, 0.3) is 11.1 Å². The molecule has 6 nitrogen and oxygen atoms in total. The molecule has 6 rings (SSSR count). The Morgan fingerprint density at radius 1 is 0.532 bits per heavy atom. The van der Waals surface area contributed by atoms with Crippen molar-refractivity contribution in [3.05, 3.63) is 163 Å². The summed E-state index contributed by atoms with van der Waals surface area (Å²) >= 11 is 27.6. The third-order valence-electron chi connectivity index (χ3n) is 11.1. The normalized spacial score (nSPS) is 15.0. The van der Waals surface area contributed by atoms with Gasteiger partial charge < -0.3 is 24.0 Å². The van der Waals surface area contributed by atoms with E-state index in [0.717, 1.165) is 94.8 Å². The number of anilines is 2. The Kier molecular flexibility index (Phi) is 16.4. The first-order valence-corrected chi connectivity index (χ1v) is 23.0. The zero-order valence-electron chi connectivity index (χ0n) is 36.5. The molecule has 0 fully saturated rings. The predicted octanol–water partition coefficient (Wildman–Crippen LogP) is 15.0. The molecule has 62 heavy (non-hydrogen) atoms. The van der Waals surface area contributed by atoms with Gasteiger partial charge >= 0.3 is 5.97 Å². The molecule has 326 valence electrons. The number of fused-ring (bicyclic) bond motifs is 1. The van der Waals surface area contributed by atoms with E-state index in [0.29, 0.717) is 18.8 Å². The number of cyclic esters (lactones) is 1. The zero-order chi connectivity index (χ0) is 44.4. The van der Waals surface area contributed by atoms with E-state index in [9.17, 15) is 4.79 Å². The molecular weight excluding hydrogens is 858 g/mol. The highest BCUT2D eigenvalue weighted by Gasteiger charge is 2.48. The van der Waals surface area contributed by atoms with E-state index in [1.165, 1.54) is 12.8 Å². The highest BCUT2D eigenvalue weighted by Crippen LogP contribution is 2.53. The molecular formula is C52H56Cl4N2O4. The van der Waals surface area contributed by atoms with Crippen molar-refractivity contribution in [3.63, 3.8) is 0 Å². The molecule has 0 aliphatic carbocycles. The summed E-state index contributed by atoms with van der Waals surface area (Å²) in [5, 5.41) is 0.0422. The monoisotopic (exact) mass is 912 g/mol. The molecule has 5 aromatic rings. The van der Waals surface area contributed by atoms with Crippen molar-refractivity contribution in [2.45, 2.75) is 70.8 Å². The van der Waals surface area contributed by atoms with Gasteiger partial charge in [0.1, 0.15) is 11.5 Å². The van der Waals surface area contributed by atoms with Gasteiger partial charge in [0, 0.05) is 45.1 Å². The van der Waals surface area contributed by atoms with Crippen molar-refractivity contribution >= 4 is 74.9 Å². The Morgan fingerprint density at radius 3 is 1.27 bits per heavy atom. The maximum Gasteiger partial charge on any atom is 0.341 e. The van der Waals surface area contributed by atoms with Crippen LogP contribution in [0.15, 0.2) is 109 Å². The van der Waals surface area contributed by atoms with Gasteiger partial charge in [0.25, 0.3) is 0 Å². The Morgan fingerprint density at radius 2 is 0.903 bits per heavy atom. The summed E-state index contributed by atoms with van der Waals surface area (Å²) < 4.78 is 18.9. The van der Waals surface area contributed by atoms with Gasteiger partial charge in [0.05, 0.1) is 38.9 Å². The molecule has 0 atom stereocenters. The second kappa shape index (κ2) is 21.7. The molecule has 0 bridgehead atoms. The van der Waals surface area contributed by atoms with Crippen molar-refractivity contribution in [2.75, 3.05) is 51.2 Å². The Labute approximate surface area is 388 Å². The summed E-state index contributed by atoms with van der Waals surface area (Å²) in [6.07, 6.45) is 12.8. The Balaban J connectivity index is 1.60. The number of benzene rings is 5. The number of carbonyl (C=O) groups excluding carboxylic acids is 1. The van der Waals surface area contributed by atoms with E-state index in [1.54, 1.807) is 0 Å². The minimum atomic E-state index is -1.64. The number of hydrogen-bond acceptors (Lipinski definition) is 6. The number of nitrogens with zero attached hydrogens (tertiary/aromatic N) is 2. The van der Waals surface area contributed by atoms with Crippen LogP contribution < -0.4 is 19.3 Å². The molecule has 1 aliphatic heterocycles. The Hall–Kier alpha value is -4.59. The largest absolute Gasteiger partial charge is 0.494 e. The molecule has 0 spiro atoms. The number of esters is 1. The third-order valence-corrected chi connectivity index (χ3v) is 12.9. The average molecular weight is 915 g/mol. The molecule has 10 heteroatoms. The summed E-state index contributed by atoms with van der Waals surface area (Å²) in [4.78, 5) is 18.4. The molecule has 0 saturated heterocycles. The third kappa shape index (κ3) is 10.9. The van der Waals surface area contributed by atoms with Gasteiger partial charge in [0.2, 0.25) is 0 Å². The quantitative estimate of drug-likeness (QED) is 0.0336. The molecule has 1 aliphatic rings. The fraction of sp³-hybridized carbons (Fsp3) is 0.327. The number of halogens is 4. The fourth-order valence-electron chi connectivity index (χ4n) is 7.56. The first-order chi connectivity index (χ1) is 29.9. The van der Waals surface area contributed by atoms with Crippen LogP contribution in [0.1, 0.15) is 103 Å². The van der Waals surface area contributed by atoms with E-state index in [2.05, 4.69) is 62.4 Å². The highest BCUT2D eigenvalue weighted by molar-refractivity contribution is 6.53. The molecule has 0 amide bonds. The molecule has 1 heterocycles. The van der Waals surface area contributed by atoms with Gasteiger partial charge in [-0.25, -0.2) is 4.79 Å². The van der Waals surface area contributed by atoms with Crippen LogP contribution in [0.3, 0.4) is 0 Å². The summed E-state index contributed by atoms with van der Waals surface area (Å²) in [5.41, 5.74) is 5.78. The van der Waals surface area contributed by atoms with Crippen molar-refractivity contribution in [3.8, 4) is 11.5 Å². The lowest BCUT2D eigenvalue weighted by Gasteiger charge is -2.27. The van der Waals surface area contributed by atoms with Gasteiger partial charge in [-0.15, -0.1) is 0 Å². The van der Waals surface area contributed by atoms with Gasteiger partial charge in [-0.3, -0.25) is 0 Å². The summed E-state index contributed by atoms with van der Waals surface area (Å²) in [6.45, 7) is 5.68. The van der Waals surface area contributed by atoms with Crippen molar-refractivity contribution in [1.29, 1.82) is 0 Å². The SMILES string of the molecule is CCCCCCOc1ccc(C(=CC2(C=C(c3ccc(OCCCCCC)cc3)c3ccc(N(C)C)cc3)OC(=O)c3c(Cl)c(Cl)c(Cl)c(Cl)c32)c2ccc(N(C)C)cc2)cc1. The Bertz CT molecular complexity index is 2230. The standard InChI is InChI=1S/C52H56Cl4N2O4/c1-7-9-11-13-31-60-41-27-19-37(20-28-41)43(35-15-23-39(24-16-35)57(3)4)33-52(46-45(51(59)62-52)47(53)49(55)50(56)48(46)54)34-44(36-17-25-40(26-18-36)58(5)6)38-21-29-42(30-22-38)61-32-14-12-10-8-2/h15-30,33-34H,7-14,31-32H2,1-6H3. The first kappa shape index (κ1) is 46.9. The van der Waals surface area contributed by atoms with Crippen molar-refractivity contribution < 1.29 is 19.0 Å². The maximum atomic E-state index is 14.3. The molecule has 0 unspecified atom stereocenters. The zero-order valence-corrected chi connectivity index (χ0v) is 39.5. The predicted molar refractivity (Wildman–Crippen MR) is 261 cm³/mol. The lowest BCUT2D eigenvalue weighted by molar-refractivity contribution is 0.0300. The van der Waals surface area contributed by atoms with Gasteiger partial charge in [0.15, 0.2) is 5.60 Å². The van der Waals surface area contributed by atoms with Gasteiger partial charge in [-0.1, -0.05) is 147 Å². The van der Waals surface area contributed by atoms with Gasteiger partial charge in [-0.2, -0.15) is 0 Å². The second-order valence-corrected chi connectivity index (χ2v) is 17.6. The molecule has 0 aromatic heterocycles. The van der Waals surface area contributed by atoms with Crippen molar-refractivity contribution in [1.82, 2.24) is 0 Å². The van der Waals surface area contributed by atoms with E-state index in [-0.39, 0.29) is 25.7 Å². The average Bonchev–Trinajstić information content (AvgIpc) is 3.57. The van der Waals surface area contributed by atoms with Crippen LogP contribution in [0, 0.1) is 0 Å². The van der Waals surface area contributed by atoms with E-state index in [1.807, 2.05) is 98.7 Å². The summed E-state index contributed by atoms with van der Waals surface area (Å²) in [6, 6.07) is 32.4. The topological polar surface area (TPSA) is 51.2 Å². The molecule has 0 saturated carbocycles. The minimum absolute atomic E-state index is 0.0210. The summed E-state index contributed by atoms with van der Waals surface area (Å²) in [7, 11) is 8.00. The van der Waals surface area contributed by atoms with Crippen LogP contribution in [-0.2, 0) is 10.3 Å². The van der Waals surface area contributed by atoms with Crippen LogP contribution in [-0.4, -0.2) is 47.4 Å². The van der Waals surface area contributed by atoms with Crippen molar-refractivity contribution in [2.24, 2.45) is 0 Å². The number of unbranched alkanes of at least 4 members (excludes halogenated alkanes) is 6. The maximum absolute atomic E-state index is 14.3. The second-order valence-electron chi connectivity index (χ2n) is 16.1. The number of carbonyl (C=O) groups is 1. The van der Waals surface area contributed by atoms with E-state index in [4.69, 9.17) is 60.6 Å². The molecule has 5 aromatic carbocycles. The van der Waals surface area contributed by atoms with Crippen LogP contribution in [0.2, 0.25) is 20.1 Å². The molecule has 0 N–H and O–H groups in total. The molecule has 0 radical (unpaired) electrons. The lowest BCUT2D eigenvalue weighted by atomic mass is 9.83. The smallest absolute Gasteiger partial charge is 0.341 e. The van der Waals surface area contributed by atoms with Crippen LogP contribution >= 0.6 is 46.4 Å². The van der Waals surface area contributed by atoms with Crippen LogP contribution in [0.4, 0.5) is 11.4 Å². The number of ether oxygens (including phenoxy) is 3. The number of rotatable bonds is 20. The number of hydrogen-bond donors (Lipinski definition) is 0. The van der Waals surface area contributed by atoms with Crippen LogP contribution in [0.5, 0.6) is 11.5 Å². The van der Waals surface area contributed by atoms with E-state index >= 15 is 0 Å². The summed E-state index contributed by atoms with van der Waals surface area (Å²) in [5.74, 6) is 0.863. The minimum Gasteiger partial charge on any atom is -0.494 e. The first-order valence-electron chi connectivity index (χ1n) is 21.4.